The lowest BCUT2D eigenvalue weighted by molar-refractivity contribution is 0.199. The van der Waals surface area contributed by atoms with E-state index in [1.54, 1.807) is 31.2 Å². The topological polar surface area (TPSA) is 78.9 Å². The van der Waals surface area contributed by atoms with Gasteiger partial charge < -0.3 is 15.2 Å². The second-order valence-electron chi connectivity index (χ2n) is 6.24. The molecule has 1 saturated heterocycles. The van der Waals surface area contributed by atoms with Gasteiger partial charge in [-0.2, -0.15) is 4.31 Å². The van der Waals surface area contributed by atoms with Gasteiger partial charge in [-0.25, -0.2) is 8.42 Å². The predicted molar refractivity (Wildman–Crippen MR) is 105 cm³/mol. The minimum atomic E-state index is -3.80. The highest BCUT2D eigenvalue weighted by Gasteiger charge is 2.30. The molecule has 0 amide bonds. The number of benzene rings is 2. The molecular weight excluding hydrogens is 411 g/mol. The molecule has 2 N–H and O–H groups in total. The van der Waals surface area contributed by atoms with Crippen molar-refractivity contribution in [1.82, 2.24) is 9.62 Å². The van der Waals surface area contributed by atoms with Crippen molar-refractivity contribution in [3.05, 3.63) is 52.0 Å². The van der Waals surface area contributed by atoms with Crippen LogP contribution in [0.1, 0.15) is 18.6 Å². The zero-order chi connectivity index (χ0) is 19.6. The van der Waals surface area contributed by atoms with E-state index in [1.807, 2.05) is 0 Å². The first-order chi connectivity index (χ1) is 12.8. The summed E-state index contributed by atoms with van der Waals surface area (Å²) in [5.74, 6) is 0.477. The number of piperazine rings is 1. The van der Waals surface area contributed by atoms with Gasteiger partial charge in [-0.15, -0.1) is 0 Å². The van der Waals surface area contributed by atoms with Crippen molar-refractivity contribution >= 4 is 33.2 Å². The minimum absolute atomic E-state index is 0.00102. The first-order valence-electron chi connectivity index (χ1n) is 8.44. The Morgan fingerprint density at radius 1 is 1.11 bits per heavy atom. The van der Waals surface area contributed by atoms with Crippen LogP contribution in [-0.4, -0.2) is 44.0 Å². The van der Waals surface area contributed by atoms with Gasteiger partial charge in [0.05, 0.1) is 6.10 Å². The minimum Gasteiger partial charge on any atom is -0.456 e. The van der Waals surface area contributed by atoms with Crippen molar-refractivity contribution in [1.29, 1.82) is 0 Å². The maximum Gasteiger partial charge on any atom is 0.246 e. The summed E-state index contributed by atoms with van der Waals surface area (Å²) in [5.41, 5.74) is 0.486. The molecule has 0 aliphatic carbocycles. The molecule has 2 aromatic carbocycles. The number of hydrogen-bond donors (Lipinski definition) is 2. The van der Waals surface area contributed by atoms with E-state index in [4.69, 9.17) is 27.9 Å². The zero-order valence-corrected chi connectivity index (χ0v) is 17.0. The number of nitrogens with one attached hydrogen (secondary N) is 1. The average Bonchev–Trinajstić information content (AvgIpc) is 2.61. The number of halogens is 2. The molecule has 9 heteroatoms. The second kappa shape index (κ2) is 8.34. The van der Waals surface area contributed by atoms with E-state index in [2.05, 4.69) is 5.32 Å². The quantitative estimate of drug-likeness (QED) is 0.759. The normalized spacial score (nSPS) is 16.9. The van der Waals surface area contributed by atoms with E-state index < -0.39 is 16.1 Å². The van der Waals surface area contributed by atoms with Crippen LogP contribution >= 0.6 is 23.2 Å². The van der Waals surface area contributed by atoms with E-state index in [0.717, 1.165) is 0 Å². The van der Waals surface area contributed by atoms with E-state index in [0.29, 0.717) is 47.5 Å². The van der Waals surface area contributed by atoms with Crippen molar-refractivity contribution in [2.75, 3.05) is 26.2 Å². The Bertz CT molecular complexity index is 909. The smallest absolute Gasteiger partial charge is 0.246 e. The molecule has 0 saturated carbocycles. The molecule has 1 aliphatic rings. The number of rotatable bonds is 5. The number of ether oxygens (including phenoxy) is 1. The van der Waals surface area contributed by atoms with Gasteiger partial charge in [-0.05, 0) is 42.8 Å². The third kappa shape index (κ3) is 4.74. The van der Waals surface area contributed by atoms with Gasteiger partial charge in [-0.1, -0.05) is 29.3 Å². The Morgan fingerprint density at radius 2 is 1.74 bits per heavy atom. The molecule has 1 fully saturated rings. The van der Waals surface area contributed by atoms with Crippen LogP contribution in [0.15, 0.2) is 41.3 Å². The van der Waals surface area contributed by atoms with Gasteiger partial charge in [0.1, 0.15) is 16.4 Å². The summed E-state index contributed by atoms with van der Waals surface area (Å²) in [7, 11) is -3.80. The second-order valence-corrected chi connectivity index (χ2v) is 9.02. The number of nitrogens with zero attached hydrogens (tertiary/aromatic N) is 1. The largest absolute Gasteiger partial charge is 0.456 e. The monoisotopic (exact) mass is 430 g/mol. The maximum atomic E-state index is 13.2. The van der Waals surface area contributed by atoms with Crippen molar-refractivity contribution in [3.8, 4) is 11.5 Å². The lowest BCUT2D eigenvalue weighted by atomic mass is 10.1. The molecule has 146 valence electrons. The van der Waals surface area contributed by atoms with Crippen LogP contribution in [0, 0.1) is 0 Å². The molecule has 1 aliphatic heterocycles. The third-order valence-corrected chi connectivity index (χ3v) is 6.56. The van der Waals surface area contributed by atoms with Crippen LogP contribution < -0.4 is 10.1 Å². The van der Waals surface area contributed by atoms with Crippen LogP contribution in [0.5, 0.6) is 11.5 Å². The van der Waals surface area contributed by atoms with Crippen LogP contribution in [0.25, 0.3) is 0 Å². The fraction of sp³-hybridized carbons (Fsp3) is 0.333. The molecule has 0 spiro atoms. The van der Waals surface area contributed by atoms with Crippen molar-refractivity contribution in [2.24, 2.45) is 0 Å². The number of aliphatic hydroxyl groups excluding tert-OH is 1. The lowest BCUT2D eigenvalue weighted by Crippen LogP contribution is -2.46. The van der Waals surface area contributed by atoms with Crippen molar-refractivity contribution in [2.45, 2.75) is 17.9 Å². The Hall–Kier alpha value is -1.35. The van der Waals surface area contributed by atoms with Gasteiger partial charge in [0.15, 0.2) is 0 Å². The molecule has 3 rings (SSSR count). The van der Waals surface area contributed by atoms with E-state index in [1.165, 1.54) is 16.4 Å². The zero-order valence-electron chi connectivity index (χ0n) is 14.7. The van der Waals surface area contributed by atoms with Gasteiger partial charge in [0, 0.05) is 36.2 Å². The van der Waals surface area contributed by atoms with E-state index in [-0.39, 0.29) is 10.6 Å². The van der Waals surface area contributed by atoms with Crippen LogP contribution in [0.4, 0.5) is 0 Å². The molecular formula is C18H20Cl2N2O4S. The predicted octanol–water partition coefficient (Wildman–Crippen LogP) is 3.43. The maximum absolute atomic E-state index is 13.2. The van der Waals surface area contributed by atoms with Gasteiger partial charge >= 0.3 is 0 Å². The summed E-state index contributed by atoms with van der Waals surface area (Å²) in [6.45, 7) is 3.46. The Balaban J connectivity index is 2.05. The third-order valence-electron chi connectivity index (χ3n) is 4.21. The number of hydrogen-bond acceptors (Lipinski definition) is 5. The molecule has 0 bridgehead atoms. The fourth-order valence-electron chi connectivity index (χ4n) is 2.81. The van der Waals surface area contributed by atoms with Crippen molar-refractivity contribution < 1.29 is 18.3 Å². The average molecular weight is 431 g/mol. The summed E-state index contributed by atoms with van der Waals surface area (Å²) in [6.07, 6.45) is -0.809. The molecule has 0 radical (unpaired) electrons. The molecule has 1 heterocycles. The summed E-state index contributed by atoms with van der Waals surface area (Å²) in [5, 5.41) is 13.8. The van der Waals surface area contributed by atoms with Crippen LogP contribution in [0.2, 0.25) is 10.0 Å². The molecule has 1 atom stereocenters. The summed E-state index contributed by atoms with van der Waals surface area (Å²) >= 11 is 12.0. The molecule has 6 nitrogen and oxygen atoms in total. The van der Waals surface area contributed by atoms with Gasteiger partial charge in [0.2, 0.25) is 10.0 Å². The van der Waals surface area contributed by atoms with Crippen LogP contribution in [0.3, 0.4) is 0 Å². The highest BCUT2D eigenvalue weighted by molar-refractivity contribution is 7.89. The molecule has 2 aromatic rings. The van der Waals surface area contributed by atoms with Crippen molar-refractivity contribution in [3.63, 3.8) is 0 Å². The first-order valence-corrected chi connectivity index (χ1v) is 10.6. The first kappa shape index (κ1) is 20.4. The fourth-order valence-corrected chi connectivity index (χ4v) is 4.91. The SMILES string of the molecule is CC(O)c1ccc(Oc2cc(Cl)cc(Cl)c2)c(S(=O)(=O)N2CCNCC2)c1. The molecule has 1 unspecified atom stereocenters. The van der Waals surface area contributed by atoms with E-state index >= 15 is 0 Å². The standard InChI is InChI=1S/C18H20Cl2N2O4S/c1-12(23)13-2-3-17(26-16-10-14(19)9-15(20)11-16)18(8-13)27(24,25)22-6-4-21-5-7-22/h2-3,8-12,21,23H,4-7H2,1H3. The molecule has 0 aromatic heterocycles. The van der Waals surface area contributed by atoms with E-state index in [9.17, 15) is 13.5 Å². The highest BCUT2D eigenvalue weighted by atomic mass is 35.5. The Kier molecular flexibility index (Phi) is 6.30. The van der Waals surface area contributed by atoms with Gasteiger partial charge in [0.25, 0.3) is 0 Å². The number of aliphatic hydroxyl groups is 1. The summed E-state index contributed by atoms with van der Waals surface area (Å²) in [4.78, 5) is -0.00102. The Morgan fingerprint density at radius 3 is 2.33 bits per heavy atom. The molecule has 27 heavy (non-hydrogen) atoms. The highest BCUT2D eigenvalue weighted by Crippen LogP contribution is 2.35. The lowest BCUT2D eigenvalue weighted by Gasteiger charge is -2.27. The Labute approximate surface area is 168 Å². The summed E-state index contributed by atoms with van der Waals surface area (Å²) < 4.78 is 33.6. The summed E-state index contributed by atoms with van der Waals surface area (Å²) in [6, 6.07) is 9.28. The van der Waals surface area contributed by atoms with Gasteiger partial charge in [-0.3, -0.25) is 0 Å². The number of sulfonamides is 1. The van der Waals surface area contributed by atoms with Crippen LogP contribution in [-0.2, 0) is 10.0 Å².